The van der Waals surface area contributed by atoms with Crippen LogP contribution in [0.15, 0.2) is 23.3 Å². The number of unbranched alkanes of at least 4 members (excludes halogenated alkanes) is 3. The van der Waals surface area contributed by atoms with Crippen molar-refractivity contribution in [1.29, 1.82) is 0 Å². The molecule has 6 heteroatoms. The fourth-order valence-electron chi connectivity index (χ4n) is 2.09. The van der Waals surface area contributed by atoms with Crippen LogP contribution in [0.2, 0.25) is 0 Å². The molecule has 4 nitrogen and oxygen atoms in total. The number of hydrogen-bond acceptors (Lipinski definition) is 2. The first kappa shape index (κ1) is 21.1. The van der Waals surface area contributed by atoms with Gasteiger partial charge in [-0.15, -0.1) is 24.0 Å². The van der Waals surface area contributed by atoms with Gasteiger partial charge in [0.1, 0.15) is 5.82 Å². The lowest BCUT2D eigenvalue weighted by molar-refractivity contribution is 0.535. The normalized spacial score (nSPS) is 12.5. The van der Waals surface area contributed by atoms with Gasteiger partial charge in [-0.2, -0.15) is 0 Å². The molecule has 0 saturated carbocycles. The van der Waals surface area contributed by atoms with Crippen LogP contribution in [-0.2, 0) is 6.54 Å². The third-order valence-electron chi connectivity index (χ3n) is 3.36. The van der Waals surface area contributed by atoms with E-state index in [0.717, 1.165) is 6.42 Å². The summed E-state index contributed by atoms with van der Waals surface area (Å²) < 4.78 is 13.5. The summed E-state index contributed by atoms with van der Waals surface area (Å²) in [4.78, 5) is 8.17. The lowest BCUT2D eigenvalue weighted by Crippen LogP contribution is -2.42. The molecule has 0 fully saturated rings. The maximum absolute atomic E-state index is 13.5. The second-order valence-electron chi connectivity index (χ2n) is 5.25. The Morgan fingerprint density at radius 2 is 2.14 bits per heavy atom. The van der Waals surface area contributed by atoms with Gasteiger partial charge in [0.15, 0.2) is 5.96 Å². The third-order valence-corrected chi connectivity index (χ3v) is 3.36. The van der Waals surface area contributed by atoms with Gasteiger partial charge in [0.25, 0.3) is 0 Å². The number of aromatic nitrogens is 1. The van der Waals surface area contributed by atoms with Gasteiger partial charge < -0.3 is 10.6 Å². The third kappa shape index (κ3) is 8.51. The molecule has 0 radical (unpaired) electrons. The van der Waals surface area contributed by atoms with Crippen LogP contribution in [0.5, 0.6) is 0 Å². The minimum atomic E-state index is -0.298. The number of rotatable bonds is 8. The Labute approximate surface area is 150 Å². The standard InChI is InChI=1S/C16H27FN4.HI/c1-4-5-6-7-9-13(2)21-16(18-3)20-12-15-14(17)10-8-11-19-15;/h8,10-11,13H,4-7,9,12H2,1-3H3,(H2,18,20,21);1H. The number of guanidine groups is 1. The molecule has 0 saturated heterocycles. The maximum atomic E-state index is 13.5. The Balaban J connectivity index is 0.00000441. The minimum Gasteiger partial charge on any atom is -0.354 e. The second kappa shape index (κ2) is 12.6. The summed E-state index contributed by atoms with van der Waals surface area (Å²) in [5, 5.41) is 6.42. The molecule has 0 aliphatic carbocycles. The average molecular weight is 422 g/mol. The predicted octanol–water partition coefficient (Wildman–Crippen LogP) is 3.86. The molecule has 1 aromatic rings. The fourth-order valence-corrected chi connectivity index (χ4v) is 2.09. The predicted molar refractivity (Wildman–Crippen MR) is 101 cm³/mol. The molecule has 1 aromatic heterocycles. The molecule has 22 heavy (non-hydrogen) atoms. The molecule has 0 aliphatic heterocycles. The first-order valence-corrected chi connectivity index (χ1v) is 7.74. The highest BCUT2D eigenvalue weighted by atomic mass is 127. The van der Waals surface area contributed by atoms with Gasteiger partial charge in [-0.3, -0.25) is 9.98 Å². The first-order chi connectivity index (χ1) is 10.2. The lowest BCUT2D eigenvalue weighted by atomic mass is 10.1. The van der Waals surface area contributed by atoms with Crippen LogP contribution < -0.4 is 10.6 Å². The van der Waals surface area contributed by atoms with Crippen LogP contribution in [0.3, 0.4) is 0 Å². The summed E-state index contributed by atoms with van der Waals surface area (Å²) >= 11 is 0. The zero-order valence-corrected chi connectivity index (χ0v) is 16.1. The van der Waals surface area contributed by atoms with Crippen LogP contribution >= 0.6 is 24.0 Å². The molecule has 0 bridgehead atoms. The molecule has 1 atom stereocenters. The average Bonchev–Trinajstić information content (AvgIpc) is 2.49. The van der Waals surface area contributed by atoms with Crippen molar-refractivity contribution >= 4 is 29.9 Å². The van der Waals surface area contributed by atoms with E-state index in [2.05, 4.69) is 34.5 Å². The second-order valence-corrected chi connectivity index (χ2v) is 5.25. The van der Waals surface area contributed by atoms with Crippen LogP contribution in [0.1, 0.15) is 51.6 Å². The van der Waals surface area contributed by atoms with Crippen molar-refractivity contribution in [3.63, 3.8) is 0 Å². The van der Waals surface area contributed by atoms with E-state index >= 15 is 0 Å². The summed E-state index contributed by atoms with van der Waals surface area (Å²) in [6.45, 7) is 4.68. The van der Waals surface area contributed by atoms with E-state index in [1.807, 2.05) is 0 Å². The van der Waals surface area contributed by atoms with E-state index in [9.17, 15) is 4.39 Å². The van der Waals surface area contributed by atoms with Crippen molar-refractivity contribution in [2.24, 2.45) is 4.99 Å². The maximum Gasteiger partial charge on any atom is 0.191 e. The van der Waals surface area contributed by atoms with Crippen molar-refractivity contribution in [3.05, 3.63) is 29.8 Å². The van der Waals surface area contributed by atoms with Gasteiger partial charge in [-0.1, -0.05) is 32.6 Å². The van der Waals surface area contributed by atoms with E-state index in [-0.39, 0.29) is 29.8 Å². The topological polar surface area (TPSA) is 49.3 Å². The number of hydrogen-bond donors (Lipinski definition) is 2. The molecule has 1 unspecified atom stereocenters. The SMILES string of the molecule is CCCCCCC(C)NC(=NC)NCc1ncccc1F.I. The molecule has 0 amide bonds. The Kier molecular flexibility index (Phi) is 12.1. The van der Waals surface area contributed by atoms with Crippen LogP contribution in [-0.4, -0.2) is 24.0 Å². The largest absolute Gasteiger partial charge is 0.354 e. The van der Waals surface area contributed by atoms with Gasteiger partial charge in [-0.25, -0.2) is 4.39 Å². The number of nitrogens with one attached hydrogen (secondary N) is 2. The van der Waals surface area contributed by atoms with Crippen molar-refractivity contribution in [1.82, 2.24) is 15.6 Å². The van der Waals surface area contributed by atoms with Gasteiger partial charge in [0, 0.05) is 19.3 Å². The number of pyridine rings is 1. The van der Waals surface area contributed by atoms with Crippen molar-refractivity contribution in [2.45, 2.75) is 58.5 Å². The molecule has 0 aromatic carbocycles. The Bertz CT molecular complexity index is 440. The summed E-state index contributed by atoms with van der Waals surface area (Å²) in [6.07, 6.45) is 7.73. The number of nitrogens with zero attached hydrogens (tertiary/aromatic N) is 2. The quantitative estimate of drug-likeness (QED) is 0.290. The number of halogens is 2. The highest BCUT2D eigenvalue weighted by Gasteiger charge is 2.07. The lowest BCUT2D eigenvalue weighted by Gasteiger charge is -2.17. The van der Waals surface area contributed by atoms with Crippen molar-refractivity contribution < 1.29 is 4.39 Å². The Morgan fingerprint density at radius 1 is 1.36 bits per heavy atom. The van der Waals surface area contributed by atoms with Crippen LogP contribution in [0, 0.1) is 5.82 Å². The summed E-state index contributed by atoms with van der Waals surface area (Å²) in [5.74, 6) is 0.385. The summed E-state index contributed by atoms with van der Waals surface area (Å²) in [5.41, 5.74) is 0.399. The zero-order chi connectivity index (χ0) is 15.5. The summed E-state index contributed by atoms with van der Waals surface area (Å²) in [7, 11) is 1.72. The van der Waals surface area contributed by atoms with E-state index in [0.29, 0.717) is 24.2 Å². The van der Waals surface area contributed by atoms with Crippen LogP contribution in [0.4, 0.5) is 4.39 Å². The molecular formula is C16H28FIN4. The van der Waals surface area contributed by atoms with Crippen molar-refractivity contribution in [2.75, 3.05) is 7.05 Å². The molecule has 126 valence electrons. The smallest absolute Gasteiger partial charge is 0.191 e. The van der Waals surface area contributed by atoms with Gasteiger partial charge in [0.2, 0.25) is 0 Å². The first-order valence-electron chi connectivity index (χ1n) is 7.74. The fraction of sp³-hybridized carbons (Fsp3) is 0.625. The Hall–Kier alpha value is -0.920. The van der Waals surface area contributed by atoms with E-state index in [4.69, 9.17) is 0 Å². The summed E-state index contributed by atoms with van der Waals surface area (Å²) in [6, 6.07) is 3.35. The number of aliphatic imine (C=N–C) groups is 1. The highest BCUT2D eigenvalue weighted by Crippen LogP contribution is 2.05. The van der Waals surface area contributed by atoms with Gasteiger partial charge in [0.05, 0.1) is 12.2 Å². The van der Waals surface area contributed by atoms with Gasteiger partial charge >= 0.3 is 0 Å². The van der Waals surface area contributed by atoms with Crippen LogP contribution in [0.25, 0.3) is 0 Å². The van der Waals surface area contributed by atoms with E-state index < -0.39 is 0 Å². The monoisotopic (exact) mass is 422 g/mol. The molecular weight excluding hydrogens is 394 g/mol. The molecule has 1 rings (SSSR count). The van der Waals surface area contributed by atoms with E-state index in [1.54, 1.807) is 19.3 Å². The molecule has 1 heterocycles. The van der Waals surface area contributed by atoms with E-state index in [1.165, 1.54) is 31.7 Å². The molecule has 0 spiro atoms. The minimum absolute atomic E-state index is 0. The molecule has 2 N–H and O–H groups in total. The zero-order valence-electron chi connectivity index (χ0n) is 13.7. The Morgan fingerprint density at radius 3 is 2.77 bits per heavy atom. The highest BCUT2D eigenvalue weighted by molar-refractivity contribution is 14.0. The van der Waals surface area contributed by atoms with Gasteiger partial charge in [-0.05, 0) is 25.5 Å². The van der Waals surface area contributed by atoms with Crippen molar-refractivity contribution in [3.8, 4) is 0 Å². The molecule has 0 aliphatic rings.